The summed E-state index contributed by atoms with van der Waals surface area (Å²) in [5.41, 5.74) is 7.23. The number of nitrogens with two attached hydrogens (primary N) is 1. The maximum absolute atomic E-state index is 13.7. The third kappa shape index (κ3) is 2.11. The maximum Gasteiger partial charge on any atom is 0.172 e. The Morgan fingerprint density at radius 2 is 2.05 bits per heavy atom. The van der Waals surface area contributed by atoms with E-state index in [2.05, 4.69) is 0 Å². The molecule has 2 aromatic rings. The molecule has 0 aromatic heterocycles. The molecule has 0 saturated heterocycles. The molecule has 3 nitrogen and oxygen atoms in total. The second-order valence-corrected chi connectivity index (χ2v) is 5.44. The number of aliphatic hydroxyl groups is 1. The van der Waals surface area contributed by atoms with Crippen molar-refractivity contribution in [1.82, 2.24) is 0 Å². The Hall–Kier alpha value is -1.91. The van der Waals surface area contributed by atoms with E-state index in [0.29, 0.717) is 17.7 Å². The zero-order chi connectivity index (χ0) is 15.0. The first-order valence-electron chi connectivity index (χ1n) is 6.99. The largest absolute Gasteiger partial charge is 0.478 e. The Morgan fingerprint density at radius 1 is 1.29 bits per heavy atom. The summed E-state index contributed by atoms with van der Waals surface area (Å²) in [7, 11) is 0. The minimum atomic E-state index is -1.02. The molecule has 1 aliphatic carbocycles. The van der Waals surface area contributed by atoms with Crippen molar-refractivity contribution in [2.24, 2.45) is 5.73 Å². The van der Waals surface area contributed by atoms with E-state index in [-0.39, 0.29) is 12.4 Å². The van der Waals surface area contributed by atoms with Crippen LogP contribution < -0.4 is 10.5 Å². The van der Waals surface area contributed by atoms with E-state index in [4.69, 9.17) is 10.5 Å². The molecule has 0 saturated carbocycles. The molecule has 2 aromatic carbocycles. The molecule has 0 spiro atoms. The quantitative estimate of drug-likeness (QED) is 0.910. The summed E-state index contributed by atoms with van der Waals surface area (Å²) in [6, 6.07) is 12.4. The van der Waals surface area contributed by atoms with E-state index in [1.54, 1.807) is 19.1 Å². The van der Waals surface area contributed by atoms with Gasteiger partial charge in [-0.3, -0.25) is 0 Å². The van der Waals surface area contributed by atoms with Gasteiger partial charge in [-0.2, -0.15) is 0 Å². The van der Waals surface area contributed by atoms with Gasteiger partial charge < -0.3 is 15.6 Å². The molecule has 3 rings (SSSR count). The summed E-state index contributed by atoms with van der Waals surface area (Å²) in [4.78, 5) is 0. The van der Waals surface area contributed by atoms with Crippen LogP contribution in [0.4, 0.5) is 4.39 Å². The fraction of sp³-hybridized carbons (Fsp3) is 0.294. The highest BCUT2D eigenvalue weighted by Crippen LogP contribution is 2.41. The number of aliphatic hydroxyl groups excluding tert-OH is 1. The summed E-state index contributed by atoms with van der Waals surface area (Å²) in [5.74, 6) is 0.0802. The molecule has 0 bridgehead atoms. The highest BCUT2D eigenvalue weighted by Gasteiger charge is 2.47. The minimum Gasteiger partial charge on any atom is -0.478 e. The second kappa shape index (κ2) is 5.13. The van der Waals surface area contributed by atoms with Gasteiger partial charge >= 0.3 is 0 Å². The zero-order valence-corrected chi connectivity index (χ0v) is 11.8. The molecule has 1 aliphatic rings. The van der Waals surface area contributed by atoms with Crippen LogP contribution in [0, 0.1) is 12.7 Å². The molecular formula is C17H18FNO2. The smallest absolute Gasteiger partial charge is 0.172 e. The van der Waals surface area contributed by atoms with Crippen LogP contribution >= 0.6 is 0 Å². The molecule has 0 fully saturated rings. The Morgan fingerprint density at radius 3 is 2.81 bits per heavy atom. The van der Waals surface area contributed by atoms with E-state index in [9.17, 15) is 9.50 Å². The van der Waals surface area contributed by atoms with Crippen molar-refractivity contribution in [1.29, 1.82) is 0 Å². The number of fused-ring (bicyclic) bond motifs is 1. The molecular weight excluding hydrogens is 269 g/mol. The van der Waals surface area contributed by atoms with Crippen molar-refractivity contribution in [3.8, 4) is 5.75 Å². The van der Waals surface area contributed by atoms with E-state index in [0.717, 1.165) is 11.1 Å². The van der Waals surface area contributed by atoms with E-state index in [1.807, 2.05) is 24.3 Å². The average molecular weight is 287 g/mol. The summed E-state index contributed by atoms with van der Waals surface area (Å²) in [6.07, 6.45) is -0.260. The number of halogens is 1. The maximum atomic E-state index is 13.7. The Kier molecular flexibility index (Phi) is 3.43. The highest BCUT2D eigenvalue weighted by molar-refractivity contribution is 5.43. The van der Waals surface area contributed by atoms with E-state index in [1.165, 1.54) is 6.07 Å². The first kappa shape index (κ1) is 14.0. The molecule has 0 heterocycles. The number of benzene rings is 2. The lowest BCUT2D eigenvalue weighted by Crippen LogP contribution is -2.48. The Bertz CT molecular complexity index is 674. The van der Waals surface area contributed by atoms with Crippen molar-refractivity contribution < 1.29 is 14.2 Å². The van der Waals surface area contributed by atoms with E-state index < -0.39 is 11.7 Å². The van der Waals surface area contributed by atoms with Crippen LogP contribution in [0.25, 0.3) is 0 Å². The molecule has 3 N–H and O–H groups in total. The van der Waals surface area contributed by atoms with Gasteiger partial charge in [-0.1, -0.05) is 30.3 Å². The number of hydrogen-bond donors (Lipinski definition) is 2. The predicted octanol–water partition coefficient (Wildman–Crippen LogP) is 2.28. The van der Waals surface area contributed by atoms with Crippen molar-refractivity contribution in [2.75, 3.05) is 6.54 Å². The van der Waals surface area contributed by atoms with Gasteiger partial charge in [-0.25, -0.2) is 4.39 Å². The SMILES string of the molecule is Cc1c(F)cccc1OC1(CN)c2ccccc2CC1O. The summed E-state index contributed by atoms with van der Waals surface area (Å²) in [5, 5.41) is 10.5. The fourth-order valence-electron chi connectivity index (χ4n) is 2.97. The van der Waals surface area contributed by atoms with Crippen LogP contribution in [0.2, 0.25) is 0 Å². The van der Waals surface area contributed by atoms with E-state index >= 15 is 0 Å². The Labute approximate surface area is 123 Å². The number of rotatable bonds is 3. The predicted molar refractivity (Wildman–Crippen MR) is 78.7 cm³/mol. The number of ether oxygens (including phenoxy) is 1. The monoisotopic (exact) mass is 287 g/mol. The van der Waals surface area contributed by atoms with Crippen molar-refractivity contribution in [3.63, 3.8) is 0 Å². The molecule has 0 radical (unpaired) electrons. The number of hydrogen-bond acceptors (Lipinski definition) is 3. The van der Waals surface area contributed by atoms with Gasteiger partial charge in [0.05, 0.1) is 0 Å². The lowest BCUT2D eigenvalue weighted by molar-refractivity contribution is -0.0400. The van der Waals surface area contributed by atoms with Crippen molar-refractivity contribution in [3.05, 3.63) is 65.0 Å². The van der Waals surface area contributed by atoms with Gasteiger partial charge in [0.15, 0.2) is 5.60 Å². The highest BCUT2D eigenvalue weighted by atomic mass is 19.1. The second-order valence-electron chi connectivity index (χ2n) is 5.44. The van der Waals surface area contributed by atoms with Crippen molar-refractivity contribution >= 4 is 0 Å². The van der Waals surface area contributed by atoms with Crippen LogP contribution in [-0.4, -0.2) is 17.8 Å². The molecule has 110 valence electrons. The third-order valence-corrected chi connectivity index (χ3v) is 4.24. The average Bonchev–Trinajstić information content (AvgIpc) is 2.77. The molecule has 4 heteroatoms. The van der Waals surface area contributed by atoms with Gasteiger partial charge in [0, 0.05) is 24.1 Å². The molecule has 21 heavy (non-hydrogen) atoms. The lowest BCUT2D eigenvalue weighted by Gasteiger charge is -2.34. The first-order chi connectivity index (χ1) is 10.1. The van der Waals surface area contributed by atoms with Crippen LogP contribution in [0.3, 0.4) is 0 Å². The van der Waals surface area contributed by atoms with Gasteiger partial charge in [-0.05, 0) is 24.6 Å². The molecule has 0 amide bonds. The molecule has 2 unspecified atom stereocenters. The fourth-order valence-corrected chi connectivity index (χ4v) is 2.97. The van der Waals surface area contributed by atoms with Crippen LogP contribution in [0.1, 0.15) is 16.7 Å². The van der Waals surface area contributed by atoms with Crippen molar-refractivity contribution in [2.45, 2.75) is 25.0 Å². The molecule has 0 aliphatic heterocycles. The van der Waals surface area contributed by atoms with Crippen LogP contribution in [0.5, 0.6) is 5.75 Å². The van der Waals surface area contributed by atoms with Gasteiger partial charge in [0.25, 0.3) is 0 Å². The van der Waals surface area contributed by atoms with Gasteiger partial charge in [0.2, 0.25) is 0 Å². The Balaban J connectivity index is 2.07. The zero-order valence-electron chi connectivity index (χ0n) is 11.8. The minimum absolute atomic E-state index is 0.126. The summed E-state index contributed by atoms with van der Waals surface area (Å²) in [6.45, 7) is 1.78. The standard InChI is InChI=1S/C17H18FNO2/c1-11-14(18)7-4-8-15(11)21-17(10-19)13-6-3-2-5-12(13)9-16(17)20/h2-8,16,20H,9-10,19H2,1H3. The van der Waals surface area contributed by atoms with Gasteiger partial charge in [0.1, 0.15) is 17.7 Å². The third-order valence-electron chi connectivity index (χ3n) is 4.24. The van der Waals surface area contributed by atoms with Crippen LogP contribution in [-0.2, 0) is 12.0 Å². The summed E-state index contributed by atoms with van der Waals surface area (Å²) >= 11 is 0. The summed E-state index contributed by atoms with van der Waals surface area (Å²) < 4.78 is 19.7. The normalized spacial score (nSPS) is 23.9. The van der Waals surface area contributed by atoms with Gasteiger partial charge in [-0.15, -0.1) is 0 Å². The van der Waals surface area contributed by atoms with Crippen LogP contribution in [0.15, 0.2) is 42.5 Å². The topological polar surface area (TPSA) is 55.5 Å². The lowest BCUT2D eigenvalue weighted by atomic mass is 9.93. The first-order valence-corrected chi connectivity index (χ1v) is 6.99. The molecule has 2 atom stereocenters.